The Bertz CT molecular complexity index is 631. The van der Waals surface area contributed by atoms with Crippen molar-refractivity contribution >= 4 is 5.91 Å². The van der Waals surface area contributed by atoms with Crippen molar-refractivity contribution in [1.29, 1.82) is 0 Å². The molecule has 120 valence electrons. The van der Waals surface area contributed by atoms with E-state index in [0.29, 0.717) is 31.2 Å². The minimum absolute atomic E-state index is 0.0158. The SMILES string of the molecule is Cc1cc(-c2nnc(CCC(=O)NCCN(C)C)o2)n(C)n1. The second-order valence-electron chi connectivity index (χ2n) is 5.45. The van der Waals surface area contributed by atoms with Crippen molar-refractivity contribution in [1.82, 2.24) is 30.2 Å². The van der Waals surface area contributed by atoms with E-state index in [9.17, 15) is 4.79 Å². The Morgan fingerprint density at radius 2 is 2.18 bits per heavy atom. The summed E-state index contributed by atoms with van der Waals surface area (Å²) >= 11 is 0. The number of amides is 1. The molecule has 22 heavy (non-hydrogen) atoms. The predicted octanol–water partition coefficient (Wildman–Crippen LogP) is 0.389. The zero-order valence-corrected chi connectivity index (χ0v) is 13.5. The van der Waals surface area contributed by atoms with Crippen LogP contribution in [0.5, 0.6) is 0 Å². The summed E-state index contributed by atoms with van der Waals surface area (Å²) in [6.07, 6.45) is 0.761. The van der Waals surface area contributed by atoms with E-state index in [0.717, 1.165) is 17.9 Å². The summed E-state index contributed by atoms with van der Waals surface area (Å²) in [5, 5.41) is 15.1. The fourth-order valence-corrected chi connectivity index (χ4v) is 2.00. The summed E-state index contributed by atoms with van der Waals surface area (Å²) in [5.41, 5.74) is 1.66. The van der Waals surface area contributed by atoms with Crippen LogP contribution in [0.4, 0.5) is 0 Å². The number of likely N-dealkylation sites (N-methyl/N-ethyl adjacent to an activating group) is 1. The van der Waals surface area contributed by atoms with Gasteiger partial charge in [-0.2, -0.15) is 5.10 Å². The molecular formula is C14H22N6O2. The van der Waals surface area contributed by atoms with Gasteiger partial charge in [0.1, 0.15) is 5.69 Å². The van der Waals surface area contributed by atoms with Gasteiger partial charge in [-0.3, -0.25) is 9.48 Å². The molecular weight excluding hydrogens is 284 g/mol. The fourth-order valence-electron chi connectivity index (χ4n) is 2.00. The number of nitrogens with zero attached hydrogens (tertiary/aromatic N) is 5. The van der Waals surface area contributed by atoms with Crippen LogP contribution < -0.4 is 5.32 Å². The van der Waals surface area contributed by atoms with Crippen molar-refractivity contribution in [3.05, 3.63) is 17.7 Å². The molecule has 0 aliphatic rings. The summed E-state index contributed by atoms with van der Waals surface area (Å²) in [4.78, 5) is 13.7. The van der Waals surface area contributed by atoms with E-state index in [1.54, 1.807) is 4.68 Å². The molecule has 0 aliphatic heterocycles. The summed E-state index contributed by atoms with van der Waals surface area (Å²) < 4.78 is 7.28. The first kappa shape index (κ1) is 16.2. The molecule has 0 fully saturated rings. The van der Waals surface area contributed by atoms with Crippen molar-refractivity contribution in [2.24, 2.45) is 7.05 Å². The highest BCUT2D eigenvalue weighted by molar-refractivity contribution is 5.75. The van der Waals surface area contributed by atoms with Crippen molar-refractivity contribution in [3.8, 4) is 11.6 Å². The molecule has 1 amide bonds. The molecule has 8 nitrogen and oxygen atoms in total. The summed E-state index contributed by atoms with van der Waals surface area (Å²) in [6.45, 7) is 3.35. The molecule has 2 aromatic rings. The number of rotatable bonds is 7. The highest BCUT2D eigenvalue weighted by Crippen LogP contribution is 2.18. The molecule has 0 aromatic carbocycles. The molecule has 0 saturated heterocycles. The topological polar surface area (TPSA) is 89.1 Å². The van der Waals surface area contributed by atoms with Crippen LogP contribution in [0.25, 0.3) is 11.6 Å². The van der Waals surface area contributed by atoms with Crippen LogP contribution in [0.1, 0.15) is 18.0 Å². The lowest BCUT2D eigenvalue weighted by molar-refractivity contribution is -0.121. The van der Waals surface area contributed by atoms with Gasteiger partial charge < -0.3 is 14.6 Å². The maximum absolute atomic E-state index is 11.7. The smallest absolute Gasteiger partial charge is 0.265 e. The largest absolute Gasteiger partial charge is 0.419 e. The monoisotopic (exact) mass is 306 g/mol. The quantitative estimate of drug-likeness (QED) is 0.796. The normalized spacial score (nSPS) is 11.1. The lowest BCUT2D eigenvalue weighted by Crippen LogP contribution is -2.31. The highest BCUT2D eigenvalue weighted by atomic mass is 16.4. The predicted molar refractivity (Wildman–Crippen MR) is 81.1 cm³/mol. The first-order valence-electron chi connectivity index (χ1n) is 7.20. The van der Waals surface area contributed by atoms with E-state index in [1.165, 1.54) is 0 Å². The van der Waals surface area contributed by atoms with E-state index in [1.807, 2.05) is 39.0 Å². The van der Waals surface area contributed by atoms with Gasteiger partial charge in [-0.1, -0.05) is 0 Å². The van der Waals surface area contributed by atoms with Crippen LogP contribution in [-0.4, -0.2) is 58.0 Å². The standard InChI is InChI=1S/C14H22N6O2/c1-10-9-11(20(4)18-10)14-17-16-13(22-14)6-5-12(21)15-7-8-19(2)3/h9H,5-8H2,1-4H3,(H,15,21). The van der Waals surface area contributed by atoms with Crippen LogP contribution in [0, 0.1) is 6.92 Å². The van der Waals surface area contributed by atoms with Gasteiger partial charge in [-0.25, -0.2) is 0 Å². The number of carbonyl (C=O) groups excluding carboxylic acids is 1. The van der Waals surface area contributed by atoms with Gasteiger partial charge >= 0.3 is 0 Å². The minimum atomic E-state index is -0.0158. The van der Waals surface area contributed by atoms with Crippen molar-refractivity contribution in [2.45, 2.75) is 19.8 Å². The molecule has 2 rings (SSSR count). The first-order valence-corrected chi connectivity index (χ1v) is 7.20. The second kappa shape index (κ2) is 7.17. The van der Waals surface area contributed by atoms with Crippen molar-refractivity contribution in [3.63, 3.8) is 0 Å². The van der Waals surface area contributed by atoms with Crippen LogP contribution >= 0.6 is 0 Å². The summed E-state index contributed by atoms with van der Waals surface area (Å²) in [6, 6.07) is 1.88. The Morgan fingerprint density at radius 1 is 1.41 bits per heavy atom. The third kappa shape index (κ3) is 4.39. The van der Waals surface area contributed by atoms with Crippen LogP contribution in [0.15, 0.2) is 10.5 Å². The first-order chi connectivity index (χ1) is 10.5. The van der Waals surface area contributed by atoms with Gasteiger partial charge in [-0.15, -0.1) is 10.2 Å². The second-order valence-corrected chi connectivity index (χ2v) is 5.45. The molecule has 0 aliphatic carbocycles. The molecule has 2 aromatic heterocycles. The van der Waals surface area contributed by atoms with Crippen LogP contribution in [0.2, 0.25) is 0 Å². The zero-order chi connectivity index (χ0) is 16.1. The molecule has 0 spiro atoms. The number of aryl methyl sites for hydroxylation is 3. The number of hydrogen-bond donors (Lipinski definition) is 1. The molecule has 0 atom stereocenters. The van der Waals surface area contributed by atoms with Gasteiger partial charge in [0.2, 0.25) is 11.8 Å². The average molecular weight is 306 g/mol. The molecule has 1 N–H and O–H groups in total. The van der Waals surface area contributed by atoms with Gasteiger partial charge in [0.25, 0.3) is 5.89 Å². The van der Waals surface area contributed by atoms with Gasteiger partial charge in [0.15, 0.2) is 0 Å². The number of carbonyl (C=O) groups is 1. The third-order valence-electron chi connectivity index (χ3n) is 3.14. The number of aromatic nitrogens is 4. The lowest BCUT2D eigenvalue weighted by atomic mass is 10.3. The Kier molecular flexibility index (Phi) is 5.26. The van der Waals surface area contributed by atoms with Crippen LogP contribution in [-0.2, 0) is 18.3 Å². The van der Waals surface area contributed by atoms with Gasteiger partial charge in [0.05, 0.1) is 5.69 Å². The minimum Gasteiger partial charge on any atom is -0.419 e. The lowest BCUT2D eigenvalue weighted by Gasteiger charge is -2.09. The third-order valence-corrected chi connectivity index (χ3v) is 3.14. The maximum atomic E-state index is 11.7. The Balaban J connectivity index is 1.85. The van der Waals surface area contributed by atoms with E-state index in [-0.39, 0.29) is 5.91 Å². The maximum Gasteiger partial charge on any atom is 0.265 e. The van der Waals surface area contributed by atoms with Crippen molar-refractivity contribution in [2.75, 3.05) is 27.2 Å². The van der Waals surface area contributed by atoms with Crippen molar-refractivity contribution < 1.29 is 9.21 Å². The zero-order valence-electron chi connectivity index (χ0n) is 13.5. The molecule has 0 radical (unpaired) electrons. The molecule has 0 unspecified atom stereocenters. The molecule has 0 bridgehead atoms. The Labute approximate surface area is 129 Å². The van der Waals surface area contributed by atoms with Gasteiger partial charge in [-0.05, 0) is 27.1 Å². The summed E-state index contributed by atoms with van der Waals surface area (Å²) in [5.74, 6) is 0.862. The van der Waals surface area contributed by atoms with E-state index in [2.05, 4.69) is 20.6 Å². The van der Waals surface area contributed by atoms with E-state index in [4.69, 9.17) is 4.42 Å². The number of hydrogen-bond acceptors (Lipinski definition) is 6. The fraction of sp³-hybridized carbons (Fsp3) is 0.571. The summed E-state index contributed by atoms with van der Waals surface area (Å²) in [7, 11) is 5.75. The Morgan fingerprint density at radius 3 is 2.82 bits per heavy atom. The van der Waals surface area contributed by atoms with E-state index < -0.39 is 0 Å². The van der Waals surface area contributed by atoms with Crippen LogP contribution in [0.3, 0.4) is 0 Å². The average Bonchev–Trinajstić information content (AvgIpc) is 3.02. The molecule has 2 heterocycles. The van der Waals surface area contributed by atoms with E-state index >= 15 is 0 Å². The Hall–Kier alpha value is -2.22. The molecule has 0 saturated carbocycles. The van der Waals surface area contributed by atoms with Gasteiger partial charge in [0, 0.05) is 33.0 Å². The highest BCUT2D eigenvalue weighted by Gasteiger charge is 2.14. The number of nitrogens with one attached hydrogen (secondary N) is 1. The molecule has 8 heteroatoms.